The van der Waals surface area contributed by atoms with Crippen LogP contribution in [0.2, 0.25) is 0 Å². The van der Waals surface area contributed by atoms with E-state index < -0.39 is 0 Å². The third-order valence-corrected chi connectivity index (χ3v) is 3.63. The maximum Gasteiger partial charge on any atom is 0.251 e. The minimum absolute atomic E-state index is 0.0137. The molecule has 0 bridgehead atoms. The van der Waals surface area contributed by atoms with Gasteiger partial charge >= 0.3 is 0 Å². The van der Waals surface area contributed by atoms with Gasteiger partial charge in [0.1, 0.15) is 0 Å². The Balaban J connectivity index is 2.61. The van der Waals surface area contributed by atoms with Gasteiger partial charge in [0.05, 0.1) is 0 Å². The molecule has 0 aliphatic rings. The fraction of sp³-hybridized carbons (Fsp3) is 0.562. The van der Waals surface area contributed by atoms with Crippen molar-refractivity contribution in [1.29, 1.82) is 0 Å². The third kappa shape index (κ3) is 4.67. The fourth-order valence-corrected chi connectivity index (χ4v) is 2.27. The number of carbonyl (C=O) groups is 1. The summed E-state index contributed by atoms with van der Waals surface area (Å²) >= 11 is 0. The number of hydrogen-bond acceptors (Lipinski definition) is 2. The van der Waals surface area contributed by atoms with Crippen molar-refractivity contribution in [3.05, 3.63) is 34.9 Å². The molecule has 19 heavy (non-hydrogen) atoms. The summed E-state index contributed by atoms with van der Waals surface area (Å²) < 4.78 is 0. The van der Waals surface area contributed by atoms with E-state index in [1.165, 1.54) is 0 Å². The van der Waals surface area contributed by atoms with Crippen LogP contribution in [-0.2, 0) is 0 Å². The predicted octanol–water partition coefficient (Wildman–Crippen LogP) is 2.83. The lowest BCUT2D eigenvalue weighted by Gasteiger charge is -2.16. The number of nitrogens with one attached hydrogen (secondary N) is 1. The normalized spacial score (nSPS) is 12.2. The second-order valence-electron chi connectivity index (χ2n) is 5.12. The van der Waals surface area contributed by atoms with Crippen LogP contribution in [0.15, 0.2) is 18.2 Å². The van der Waals surface area contributed by atoms with Crippen LogP contribution in [0.3, 0.4) is 0 Å². The molecule has 1 aromatic carbocycles. The monoisotopic (exact) mass is 263 g/mol. The quantitative estimate of drug-likeness (QED) is 0.794. The Bertz CT molecular complexity index is 409. The highest BCUT2D eigenvalue weighted by molar-refractivity contribution is 5.95. The highest BCUT2D eigenvalue weighted by atomic mass is 16.3. The largest absolute Gasteiger partial charge is 0.396 e. The van der Waals surface area contributed by atoms with Gasteiger partial charge in [-0.3, -0.25) is 4.79 Å². The first kappa shape index (κ1) is 15.7. The van der Waals surface area contributed by atoms with Crippen molar-refractivity contribution in [3.63, 3.8) is 0 Å². The topological polar surface area (TPSA) is 49.3 Å². The van der Waals surface area contributed by atoms with E-state index in [1.807, 2.05) is 32.0 Å². The lowest BCUT2D eigenvalue weighted by molar-refractivity contribution is 0.0942. The van der Waals surface area contributed by atoms with E-state index >= 15 is 0 Å². The van der Waals surface area contributed by atoms with Gasteiger partial charge in [-0.05, 0) is 49.8 Å². The van der Waals surface area contributed by atoms with Gasteiger partial charge in [0.25, 0.3) is 5.91 Å². The number of rotatable bonds is 7. The first-order valence-corrected chi connectivity index (χ1v) is 7.05. The van der Waals surface area contributed by atoms with Crippen molar-refractivity contribution >= 4 is 5.91 Å². The van der Waals surface area contributed by atoms with Crippen molar-refractivity contribution in [2.45, 2.75) is 40.0 Å². The van der Waals surface area contributed by atoms with Crippen LogP contribution < -0.4 is 5.32 Å². The van der Waals surface area contributed by atoms with E-state index in [-0.39, 0.29) is 12.5 Å². The molecule has 0 aromatic heterocycles. The molecule has 1 aromatic rings. The summed E-state index contributed by atoms with van der Waals surface area (Å²) in [6.45, 7) is 6.93. The van der Waals surface area contributed by atoms with Gasteiger partial charge in [0.15, 0.2) is 0 Å². The number of benzene rings is 1. The minimum Gasteiger partial charge on any atom is -0.396 e. The standard InChI is InChI=1S/C16H25NO2/c1-4-6-14(9-10-18)11-17-16(19)15-8-5-7-12(2)13(15)3/h5,7-8,14,18H,4,6,9-11H2,1-3H3,(H,17,19). The molecule has 0 aliphatic carbocycles. The Morgan fingerprint density at radius 1 is 1.32 bits per heavy atom. The summed E-state index contributed by atoms with van der Waals surface area (Å²) in [5.74, 6) is 0.351. The Hall–Kier alpha value is -1.35. The van der Waals surface area contributed by atoms with Gasteiger partial charge in [0, 0.05) is 18.7 Å². The number of aliphatic hydroxyl groups is 1. The maximum absolute atomic E-state index is 12.2. The summed E-state index contributed by atoms with van der Waals surface area (Å²) in [7, 11) is 0. The Labute approximate surface area is 116 Å². The fourth-order valence-electron chi connectivity index (χ4n) is 2.27. The molecular weight excluding hydrogens is 238 g/mol. The van der Waals surface area contributed by atoms with Crippen molar-refractivity contribution in [2.24, 2.45) is 5.92 Å². The van der Waals surface area contributed by atoms with Crippen molar-refractivity contribution in [3.8, 4) is 0 Å². The Morgan fingerprint density at radius 2 is 2.05 bits per heavy atom. The SMILES string of the molecule is CCCC(CCO)CNC(=O)c1cccc(C)c1C. The van der Waals surface area contributed by atoms with E-state index in [2.05, 4.69) is 12.2 Å². The molecule has 1 atom stereocenters. The van der Waals surface area contributed by atoms with Crippen LogP contribution in [0.4, 0.5) is 0 Å². The molecule has 1 amide bonds. The van der Waals surface area contributed by atoms with Gasteiger partial charge in [-0.25, -0.2) is 0 Å². The highest BCUT2D eigenvalue weighted by Gasteiger charge is 2.12. The van der Waals surface area contributed by atoms with E-state index in [0.29, 0.717) is 12.5 Å². The van der Waals surface area contributed by atoms with Gasteiger partial charge < -0.3 is 10.4 Å². The van der Waals surface area contributed by atoms with E-state index in [1.54, 1.807) is 0 Å². The summed E-state index contributed by atoms with van der Waals surface area (Å²) in [5.41, 5.74) is 2.92. The zero-order valence-corrected chi connectivity index (χ0v) is 12.2. The van der Waals surface area contributed by atoms with Crippen LogP contribution in [0.5, 0.6) is 0 Å². The molecule has 106 valence electrons. The molecule has 0 fully saturated rings. The molecular formula is C16H25NO2. The molecule has 1 rings (SSSR count). The first-order chi connectivity index (χ1) is 9.10. The molecule has 3 nitrogen and oxygen atoms in total. The number of hydrogen-bond donors (Lipinski definition) is 2. The van der Waals surface area contributed by atoms with Crippen molar-refractivity contribution in [1.82, 2.24) is 5.32 Å². The Morgan fingerprint density at radius 3 is 2.68 bits per heavy atom. The lowest BCUT2D eigenvalue weighted by Crippen LogP contribution is -2.30. The zero-order valence-electron chi connectivity index (χ0n) is 12.2. The minimum atomic E-state index is -0.0137. The van der Waals surface area contributed by atoms with Gasteiger partial charge in [-0.2, -0.15) is 0 Å². The summed E-state index contributed by atoms with van der Waals surface area (Å²) in [5, 5.41) is 12.0. The van der Waals surface area contributed by atoms with Crippen LogP contribution in [0.25, 0.3) is 0 Å². The van der Waals surface area contributed by atoms with E-state index in [4.69, 9.17) is 5.11 Å². The molecule has 2 N–H and O–H groups in total. The average Bonchev–Trinajstić information content (AvgIpc) is 2.39. The molecule has 0 spiro atoms. The molecule has 0 radical (unpaired) electrons. The van der Waals surface area contributed by atoms with E-state index in [9.17, 15) is 4.79 Å². The summed E-state index contributed by atoms with van der Waals surface area (Å²) in [6.07, 6.45) is 2.86. The van der Waals surface area contributed by atoms with Crippen LogP contribution in [-0.4, -0.2) is 24.2 Å². The third-order valence-electron chi connectivity index (χ3n) is 3.63. The maximum atomic E-state index is 12.2. The van der Waals surface area contributed by atoms with E-state index in [0.717, 1.165) is 36.0 Å². The van der Waals surface area contributed by atoms with Crippen molar-refractivity contribution in [2.75, 3.05) is 13.2 Å². The second kappa shape index (κ2) is 7.95. The van der Waals surface area contributed by atoms with Crippen LogP contribution in [0, 0.1) is 19.8 Å². The number of aliphatic hydroxyl groups excluding tert-OH is 1. The molecule has 1 unspecified atom stereocenters. The summed E-state index contributed by atoms with van der Waals surface area (Å²) in [6, 6.07) is 5.78. The van der Waals surface area contributed by atoms with Crippen LogP contribution >= 0.6 is 0 Å². The van der Waals surface area contributed by atoms with Crippen LogP contribution in [0.1, 0.15) is 47.7 Å². The van der Waals surface area contributed by atoms with Crippen molar-refractivity contribution < 1.29 is 9.90 Å². The van der Waals surface area contributed by atoms with Gasteiger partial charge in [0.2, 0.25) is 0 Å². The number of amides is 1. The first-order valence-electron chi connectivity index (χ1n) is 7.05. The predicted molar refractivity (Wildman–Crippen MR) is 78.4 cm³/mol. The molecule has 3 heteroatoms. The smallest absolute Gasteiger partial charge is 0.251 e. The second-order valence-corrected chi connectivity index (χ2v) is 5.12. The highest BCUT2D eigenvalue weighted by Crippen LogP contribution is 2.14. The summed E-state index contributed by atoms with van der Waals surface area (Å²) in [4.78, 5) is 12.2. The zero-order chi connectivity index (χ0) is 14.3. The molecule has 0 saturated carbocycles. The molecule has 0 heterocycles. The Kier molecular flexibility index (Phi) is 6.57. The molecule has 0 aliphatic heterocycles. The lowest BCUT2D eigenvalue weighted by atomic mass is 9.99. The average molecular weight is 263 g/mol. The number of carbonyl (C=O) groups excluding carboxylic acids is 1. The van der Waals surface area contributed by atoms with Gasteiger partial charge in [-0.15, -0.1) is 0 Å². The van der Waals surface area contributed by atoms with Gasteiger partial charge in [-0.1, -0.05) is 25.5 Å². The number of aryl methyl sites for hydroxylation is 1. The molecule has 0 saturated heterocycles.